The number of carboxylic acid groups (broad SMARTS) is 1. The molecule has 1 aliphatic carbocycles. The fraction of sp³-hybridized carbons (Fsp3) is 0.525. The lowest BCUT2D eigenvalue weighted by Crippen LogP contribution is -2.59. The molecule has 5 rings (SSSR count). The van der Waals surface area contributed by atoms with Gasteiger partial charge in [0.1, 0.15) is 30.1 Å². The van der Waals surface area contributed by atoms with Crippen LogP contribution in [0.2, 0.25) is 0 Å². The second-order valence-corrected chi connectivity index (χ2v) is 14.5. The predicted molar refractivity (Wildman–Crippen MR) is 209 cm³/mol. The van der Waals surface area contributed by atoms with E-state index < -0.39 is 47.5 Å². The first-order valence-corrected chi connectivity index (χ1v) is 19.5. The average molecular weight is 814 g/mol. The van der Waals surface area contributed by atoms with Gasteiger partial charge in [0.15, 0.2) is 11.6 Å². The van der Waals surface area contributed by atoms with E-state index in [0.717, 1.165) is 49.1 Å². The van der Waals surface area contributed by atoms with Gasteiger partial charge in [-0.15, -0.1) is 0 Å². The van der Waals surface area contributed by atoms with Crippen molar-refractivity contribution in [2.45, 2.75) is 51.1 Å². The number of nitrogens with one attached hydrogen (secondary N) is 2. The molecule has 2 fully saturated rings. The van der Waals surface area contributed by atoms with Crippen LogP contribution in [-0.4, -0.2) is 139 Å². The minimum atomic E-state index is -1.27. The number of likely N-dealkylation sites (N-methyl/N-ethyl adjacent to an activating group) is 1. The zero-order valence-electron chi connectivity index (χ0n) is 33.1. The number of aryl methyl sites for hydroxylation is 1. The third kappa shape index (κ3) is 10.7. The fourth-order valence-corrected chi connectivity index (χ4v) is 7.28. The average Bonchev–Trinajstić information content (AvgIpc) is 3.50. The van der Waals surface area contributed by atoms with Crippen LogP contribution in [0, 0.1) is 17.6 Å². The lowest BCUT2D eigenvalue weighted by molar-refractivity contribution is -0.140. The van der Waals surface area contributed by atoms with Crippen LogP contribution >= 0.6 is 0 Å². The molecule has 3 aromatic rings. The quantitative estimate of drug-likeness (QED) is 0.116. The van der Waals surface area contributed by atoms with Crippen molar-refractivity contribution in [2.75, 3.05) is 78.5 Å². The predicted octanol–water partition coefficient (Wildman–Crippen LogP) is 3.23. The Morgan fingerprint density at radius 1 is 0.897 bits per heavy atom. The lowest BCUT2D eigenvalue weighted by atomic mass is 9.83. The molecule has 1 saturated heterocycles. The van der Waals surface area contributed by atoms with Crippen molar-refractivity contribution in [1.29, 1.82) is 0 Å². The molecule has 2 atom stereocenters. The number of anilines is 1. The normalized spacial score (nSPS) is 15.8. The third-order valence-corrected chi connectivity index (χ3v) is 10.8. The third-order valence-electron chi connectivity index (χ3n) is 10.8. The Morgan fingerprint density at radius 2 is 1.50 bits per heavy atom. The molecule has 2 aromatic carbocycles. The van der Waals surface area contributed by atoms with Gasteiger partial charge in [0.05, 0.1) is 37.5 Å². The summed E-state index contributed by atoms with van der Waals surface area (Å²) in [7, 11) is 2.78. The van der Waals surface area contributed by atoms with Gasteiger partial charge in [-0.1, -0.05) is 19.3 Å². The number of halogens is 2. The largest absolute Gasteiger partial charge is 0.491 e. The van der Waals surface area contributed by atoms with E-state index in [1.165, 1.54) is 30.5 Å². The second-order valence-electron chi connectivity index (χ2n) is 14.5. The zero-order valence-corrected chi connectivity index (χ0v) is 33.1. The number of carbonyl (C=O) groups is 5. The van der Waals surface area contributed by atoms with Gasteiger partial charge in [0.2, 0.25) is 11.8 Å². The van der Waals surface area contributed by atoms with Crippen LogP contribution in [0.5, 0.6) is 5.75 Å². The maximum absolute atomic E-state index is 14.6. The first-order chi connectivity index (χ1) is 27.8. The van der Waals surface area contributed by atoms with Crippen molar-refractivity contribution in [3.8, 4) is 5.75 Å². The summed E-state index contributed by atoms with van der Waals surface area (Å²) >= 11 is 0. The van der Waals surface area contributed by atoms with Gasteiger partial charge in [-0.2, -0.15) is 0 Å². The van der Waals surface area contributed by atoms with Crippen molar-refractivity contribution >= 4 is 46.3 Å². The number of carbonyl (C=O) groups excluding carboxylic acids is 4. The summed E-state index contributed by atoms with van der Waals surface area (Å²) in [6.07, 6.45) is 3.01. The van der Waals surface area contributed by atoms with E-state index in [0.29, 0.717) is 24.7 Å². The molecule has 16 nitrogen and oxygen atoms in total. The first kappa shape index (κ1) is 43.6. The van der Waals surface area contributed by atoms with Crippen molar-refractivity contribution in [2.24, 2.45) is 13.0 Å². The summed E-state index contributed by atoms with van der Waals surface area (Å²) in [5.41, 5.74) is 6.26. The Hall–Kier alpha value is -5.49. The van der Waals surface area contributed by atoms with E-state index in [9.17, 15) is 37.9 Å². The van der Waals surface area contributed by atoms with E-state index >= 15 is 0 Å². The minimum Gasteiger partial charge on any atom is -0.491 e. The van der Waals surface area contributed by atoms with Crippen molar-refractivity contribution in [1.82, 2.24) is 29.9 Å². The number of nitrogens with zero attached hydrogens (tertiary/aromatic N) is 4. The van der Waals surface area contributed by atoms with Crippen molar-refractivity contribution < 1.29 is 52.1 Å². The van der Waals surface area contributed by atoms with Gasteiger partial charge in [-0.3, -0.25) is 24.1 Å². The number of nitrogens with two attached hydrogens (primary N) is 1. The van der Waals surface area contributed by atoms with E-state index in [-0.39, 0.29) is 86.5 Å². The molecule has 316 valence electrons. The minimum absolute atomic E-state index is 0.0532. The van der Waals surface area contributed by atoms with E-state index in [1.807, 2.05) is 0 Å². The molecule has 1 aliphatic heterocycles. The van der Waals surface area contributed by atoms with Crippen LogP contribution in [0.25, 0.3) is 10.9 Å². The molecule has 1 saturated carbocycles. The molecule has 5 amide bonds. The van der Waals surface area contributed by atoms with Gasteiger partial charge in [0.25, 0.3) is 11.8 Å². The highest BCUT2D eigenvalue weighted by Crippen LogP contribution is 2.30. The molecule has 58 heavy (non-hydrogen) atoms. The number of rotatable bonds is 17. The molecule has 18 heteroatoms. The topological polar surface area (TPSA) is 198 Å². The van der Waals surface area contributed by atoms with Gasteiger partial charge in [0, 0.05) is 64.0 Å². The highest BCUT2D eigenvalue weighted by molar-refractivity contribution is 6.16. The van der Waals surface area contributed by atoms with Crippen LogP contribution in [0.4, 0.5) is 19.3 Å². The standard InChI is InChI=1S/C40H53F2N7O9/c1-25(46(2)40(54)55)36(50)45-34(26-7-5-4-6-8-26)38(52)48-14-16-49(17-15-48)39(53)35-33(29-23-30(41)31(42)24-32(29)47(35)3)37(51)44-13-18-56-19-20-57-21-22-58-28-11-9-27(43)10-12-28/h9-12,23-26,34H,4-8,13-22,43H2,1-3H3,(H,44,51)(H,45,50)(H,54,55). The molecule has 1 aromatic heterocycles. The maximum Gasteiger partial charge on any atom is 0.407 e. The number of benzene rings is 2. The first-order valence-electron chi connectivity index (χ1n) is 19.5. The number of nitrogen functional groups attached to an aromatic ring is 1. The number of piperazine rings is 1. The maximum atomic E-state index is 14.6. The molecule has 2 heterocycles. The van der Waals surface area contributed by atoms with Gasteiger partial charge in [-0.05, 0) is 56.0 Å². The summed E-state index contributed by atoms with van der Waals surface area (Å²) in [5.74, 6) is -3.90. The Morgan fingerprint density at radius 3 is 2.16 bits per heavy atom. The van der Waals surface area contributed by atoms with Crippen molar-refractivity contribution in [3.63, 3.8) is 0 Å². The molecule has 0 spiro atoms. The molecule has 0 radical (unpaired) electrons. The van der Waals surface area contributed by atoms with E-state index in [1.54, 1.807) is 29.2 Å². The fourth-order valence-electron chi connectivity index (χ4n) is 7.28. The summed E-state index contributed by atoms with van der Waals surface area (Å²) in [4.78, 5) is 70.4. The number of hydrogen-bond acceptors (Lipinski definition) is 9. The summed E-state index contributed by atoms with van der Waals surface area (Å²) in [6, 6.07) is 6.94. The molecular weight excluding hydrogens is 760 g/mol. The van der Waals surface area contributed by atoms with Crippen LogP contribution in [0.3, 0.4) is 0 Å². The van der Waals surface area contributed by atoms with Crippen LogP contribution in [0.15, 0.2) is 36.4 Å². The molecule has 2 unspecified atom stereocenters. The van der Waals surface area contributed by atoms with E-state index in [4.69, 9.17) is 19.9 Å². The molecule has 0 bridgehead atoms. The Bertz CT molecular complexity index is 1930. The lowest BCUT2D eigenvalue weighted by Gasteiger charge is -2.39. The highest BCUT2D eigenvalue weighted by atomic mass is 19.2. The van der Waals surface area contributed by atoms with Crippen LogP contribution in [0.1, 0.15) is 59.9 Å². The number of hydrogen-bond donors (Lipinski definition) is 4. The van der Waals surface area contributed by atoms with E-state index in [2.05, 4.69) is 10.6 Å². The zero-order chi connectivity index (χ0) is 41.9. The summed E-state index contributed by atoms with van der Waals surface area (Å²) in [5, 5.41) is 15.0. The van der Waals surface area contributed by atoms with Crippen LogP contribution in [-0.2, 0) is 26.1 Å². The molecule has 5 N–H and O–H groups in total. The monoisotopic (exact) mass is 813 g/mol. The Balaban J connectivity index is 1.18. The Kier molecular flexibility index (Phi) is 15.3. The SMILES string of the molecule is CC(C(=O)NC(C(=O)N1CCN(C(=O)c2c(C(=O)NCCOCCOCCOc3ccc(N)cc3)c3cc(F)c(F)cc3n2C)CC1)C1CCCCC1)N(C)C(=O)O. The van der Waals surface area contributed by atoms with Gasteiger partial charge < -0.3 is 50.1 Å². The van der Waals surface area contributed by atoms with Crippen molar-refractivity contribution in [3.05, 3.63) is 59.3 Å². The van der Waals surface area contributed by atoms with Crippen LogP contribution < -0.4 is 21.1 Å². The van der Waals surface area contributed by atoms with Gasteiger partial charge in [-0.25, -0.2) is 13.6 Å². The number of ether oxygens (including phenoxy) is 3. The summed E-state index contributed by atoms with van der Waals surface area (Å²) < 4.78 is 47.0. The smallest absolute Gasteiger partial charge is 0.407 e. The highest BCUT2D eigenvalue weighted by Gasteiger charge is 2.38. The number of aromatic nitrogens is 1. The second kappa shape index (κ2) is 20.3. The Labute approximate surface area is 335 Å². The molecule has 2 aliphatic rings. The van der Waals surface area contributed by atoms with Gasteiger partial charge >= 0.3 is 6.09 Å². The molecular formula is C40H53F2N7O9. The number of fused-ring (bicyclic) bond motifs is 1. The number of amides is 5. The summed E-state index contributed by atoms with van der Waals surface area (Å²) in [6.45, 7) is 3.23.